The Balaban J connectivity index is 1.26. The molecule has 4 aliphatic rings. The second-order valence-corrected chi connectivity index (χ2v) is 9.67. The minimum Gasteiger partial charge on any atom is -0.493 e. The molecule has 0 atom stereocenters. The smallest absolute Gasteiger partial charge is 0.241 e. The van der Waals surface area contributed by atoms with Crippen LogP contribution in [0.25, 0.3) is 11.4 Å². The van der Waals surface area contributed by atoms with Crippen molar-refractivity contribution < 1.29 is 14.0 Å². The van der Waals surface area contributed by atoms with Gasteiger partial charge in [0.2, 0.25) is 11.7 Å². The van der Waals surface area contributed by atoms with Crippen LogP contribution in [0.15, 0.2) is 22.7 Å². The number of aromatic nitrogens is 2. The highest BCUT2D eigenvalue weighted by atomic mass is 16.5. The molecule has 2 aromatic rings. The molecule has 0 amide bonds. The van der Waals surface area contributed by atoms with Crippen LogP contribution in [0.2, 0.25) is 0 Å². The van der Waals surface area contributed by atoms with Gasteiger partial charge in [-0.2, -0.15) is 4.98 Å². The standard InChI is InChI=1S/C23H31N3O3/c1-26(14-23-10-15-6-16(11-23)8-17(7-15)12-23)13-21-24-22(25-29-21)18-4-5-19(27-2)20(9-18)28-3/h4-5,9,15-17H,6-8,10-14H2,1-3H3. The molecule has 4 aliphatic carbocycles. The third kappa shape index (κ3) is 3.63. The summed E-state index contributed by atoms with van der Waals surface area (Å²) in [7, 11) is 5.45. The van der Waals surface area contributed by atoms with E-state index in [1.807, 2.05) is 18.2 Å². The number of nitrogens with zero attached hydrogens (tertiary/aromatic N) is 3. The van der Waals surface area contributed by atoms with Crippen molar-refractivity contribution in [3.63, 3.8) is 0 Å². The molecule has 29 heavy (non-hydrogen) atoms. The molecule has 1 heterocycles. The Hall–Kier alpha value is -2.08. The fourth-order valence-corrected chi connectivity index (χ4v) is 6.75. The average molecular weight is 398 g/mol. The first-order valence-electron chi connectivity index (χ1n) is 10.8. The van der Waals surface area contributed by atoms with Gasteiger partial charge in [-0.3, -0.25) is 4.90 Å². The fourth-order valence-electron chi connectivity index (χ4n) is 6.75. The van der Waals surface area contributed by atoms with Gasteiger partial charge in [-0.15, -0.1) is 0 Å². The van der Waals surface area contributed by atoms with E-state index in [1.54, 1.807) is 14.2 Å². The molecule has 0 aliphatic heterocycles. The number of hydrogen-bond acceptors (Lipinski definition) is 6. The monoisotopic (exact) mass is 397 g/mol. The Morgan fingerprint density at radius 1 is 1.03 bits per heavy atom. The molecule has 0 unspecified atom stereocenters. The summed E-state index contributed by atoms with van der Waals surface area (Å²) >= 11 is 0. The first-order valence-corrected chi connectivity index (χ1v) is 10.8. The molecular formula is C23H31N3O3. The van der Waals surface area contributed by atoms with E-state index in [4.69, 9.17) is 14.0 Å². The minimum atomic E-state index is 0.524. The predicted molar refractivity (Wildman–Crippen MR) is 110 cm³/mol. The Morgan fingerprint density at radius 2 is 1.69 bits per heavy atom. The van der Waals surface area contributed by atoms with Gasteiger partial charge in [0.05, 0.1) is 20.8 Å². The van der Waals surface area contributed by atoms with Gasteiger partial charge in [0.15, 0.2) is 11.5 Å². The lowest BCUT2D eigenvalue weighted by Crippen LogP contribution is -2.50. The quantitative estimate of drug-likeness (QED) is 0.690. The van der Waals surface area contributed by atoms with Crippen LogP contribution < -0.4 is 9.47 Å². The third-order valence-corrected chi connectivity index (χ3v) is 7.29. The fraction of sp³-hybridized carbons (Fsp3) is 0.652. The number of ether oxygens (including phenoxy) is 2. The lowest BCUT2D eigenvalue weighted by Gasteiger charge is -2.57. The topological polar surface area (TPSA) is 60.6 Å². The lowest BCUT2D eigenvalue weighted by molar-refractivity contribution is -0.0677. The van der Waals surface area contributed by atoms with E-state index in [0.717, 1.165) is 29.9 Å². The van der Waals surface area contributed by atoms with E-state index in [-0.39, 0.29) is 0 Å². The summed E-state index contributed by atoms with van der Waals surface area (Å²) in [6.07, 6.45) is 8.72. The molecule has 0 radical (unpaired) electrons. The van der Waals surface area contributed by atoms with E-state index in [9.17, 15) is 0 Å². The summed E-state index contributed by atoms with van der Waals surface area (Å²) in [4.78, 5) is 7.02. The van der Waals surface area contributed by atoms with Gasteiger partial charge in [-0.25, -0.2) is 0 Å². The average Bonchev–Trinajstić information content (AvgIpc) is 3.14. The highest BCUT2D eigenvalue weighted by Crippen LogP contribution is 2.60. The Bertz CT molecular complexity index is 843. The molecule has 4 fully saturated rings. The molecule has 156 valence electrons. The van der Waals surface area contributed by atoms with Crippen molar-refractivity contribution in [3.8, 4) is 22.9 Å². The van der Waals surface area contributed by atoms with E-state index >= 15 is 0 Å². The minimum absolute atomic E-state index is 0.524. The van der Waals surface area contributed by atoms with E-state index in [2.05, 4.69) is 22.1 Å². The van der Waals surface area contributed by atoms with Gasteiger partial charge in [-0.05, 0) is 86.9 Å². The number of methoxy groups -OCH3 is 2. The maximum Gasteiger partial charge on any atom is 0.241 e. The molecule has 0 N–H and O–H groups in total. The van der Waals surface area contributed by atoms with Crippen molar-refractivity contribution in [2.75, 3.05) is 27.8 Å². The molecule has 0 spiro atoms. The van der Waals surface area contributed by atoms with Crippen LogP contribution >= 0.6 is 0 Å². The van der Waals surface area contributed by atoms with Crippen molar-refractivity contribution in [1.29, 1.82) is 0 Å². The summed E-state index contributed by atoms with van der Waals surface area (Å²) in [6.45, 7) is 1.84. The van der Waals surface area contributed by atoms with Crippen molar-refractivity contribution in [2.24, 2.45) is 23.2 Å². The van der Waals surface area contributed by atoms with Gasteiger partial charge in [0.1, 0.15) is 0 Å². The summed E-state index contributed by atoms with van der Waals surface area (Å²) in [5.41, 5.74) is 1.39. The summed E-state index contributed by atoms with van der Waals surface area (Å²) < 4.78 is 16.3. The van der Waals surface area contributed by atoms with E-state index in [0.29, 0.717) is 35.2 Å². The zero-order chi connectivity index (χ0) is 20.0. The van der Waals surface area contributed by atoms with Crippen molar-refractivity contribution in [1.82, 2.24) is 15.0 Å². The Morgan fingerprint density at radius 3 is 2.31 bits per heavy atom. The first-order chi connectivity index (χ1) is 14.1. The zero-order valence-corrected chi connectivity index (χ0v) is 17.7. The first kappa shape index (κ1) is 18.9. The summed E-state index contributed by atoms with van der Waals surface area (Å²) in [5, 5.41) is 4.19. The second kappa shape index (κ2) is 7.31. The van der Waals surface area contributed by atoms with Gasteiger partial charge < -0.3 is 14.0 Å². The van der Waals surface area contributed by atoms with Crippen LogP contribution in [0.4, 0.5) is 0 Å². The van der Waals surface area contributed by atoms with Crippen molar-refractivity contribution in [2.45, 2.75) is 45.1 Å². The molecule has 4 bridgehead atoms. The molecular weight excluding hydrogens is 366 g/mol. The second-order valence-electron chi connectivity index (χ2n) is 9.67. The highest BCUT2D eigenvalue weighted by molar-refractivity contribution is 5.60. The molecule has 6 heteroatoms. The lowest BCUT2D eigenvalue weighted by atomic mass is 9.49. The maximum absolute atomic E-state index is 5.57. The van der Waals surface area contributed by atoms with Crippen LogP contribution in [0.5, 0.6) is 11.5 Å². The molecule has 1 aromatic carbocycles. The van der Waals surface area contributed by atoms with Crippen LogP contribution in [0, 0.1) is 23.2 Å². The van der Waals surface area contributed by atoms with Crippen LogP contribution in [-0.4, -0.2) is 42.9 Å². The largest absolute Gasteiger partial charge is 0.493 e. The molecule has 4 saturated carbocycles. The SMILES string of the molecule is COc1ccc(-c2noc(CN(C)CC34CC5CC(CC(C5)C3)C4)n2)cc1OC. The normalized spacial score (nSPS) is 30.1. The van der Waals surface area contributed by atoms with E-state index in [1.165, 1.54) is 38.5 Å². The molecule has 6 nitrogen and oxygen atoms in total. The highest BCUT2D eigenvalue weighted by Gasteiger charge is 2.51. The number of benzene rings is 1. The summed E-state index contributed by atoms with van der Waals surface area (Å²) in [5.74, 6) is 5.55. The van der Waals surface area contributed by atoms with Crippen LogP contribution in [0.3, 0.4) is 0 Å². The third-order valence-electron chi connectivity index (χ3n) is 7.29. The van der Waals surface area contributed by atoms with Crippen LogP contribution in [-0.2, 0) is 6.54 Å². The van der Waals surface area contributed by atoms with Gasteiger partial charge in [-0.1, -0.05) is 5.16 Å². The maximum atomic E-state index is 5.57. The van der Waals surface area contributed by atoms with Crippen LogP contribution in [0.1, 0.15) is 44.4 Å². The van der Waals surface area contributed by atoms with Crippen molar-refractivity contribution >= 4 is 0 Å². The molecule has 0 saturated heterocycles. The summed E-state index contributed by atoms with van der Waals surface area (Å²) in [6, 6.07) is 5.67. The Labute approximate surface area is 172 Å². The number of rotatable bonds is 7. The molecule has 1 aromatic heterocycles. The molecule has 6 rings (SSSR count). The number of hydrogen-bond donors (Lipinski definition) is 0. The van der Waals surface area contributed by atoms with E-state index < -0.39 is 0 Å². The Kier molecular flexibility index (Phi) is 4.77. The van der Waals surface area contributed by atoms with Gasteiger partial charge in [0, 0.05) is 12.1 Å². The van der Waals surface area contributed by atoms with Crippen molar-refractivity contribution in [3.05, 3.63) is 24.1 Å². The van der Waals surface area contributed by atoms with Gasteiger partial charge >= 0.3 is 0 Å². The zero-order valence-electron chi connectivity index (χ0n) is 17.7. The van der Waals surface area contributed by atoms with Gasteiger partial charge in [0.25, 0.3) is 0 Å². The predicted octanol–water partition coefficient (Wildman–Crippen LogP) is 4.40.